The zero-order valence-corrected chi connectivity index (χ0v) is 13.1. The first-order valence-electron chi connectivity index (χ1n) is 7.63. The molecular formula is C16H20FN5O. The Morgan fingerprint density at radius 1 is 1.39 bits per heavy atom. The minimum absolute atomic E-state index is 0.201. The molecule has 0 fully saturated rings. The molecule has 0 saturated heterocycles. The quantitative estimate of drug-likeness (QED) is 0.875. The van der Waals surface area contributed by atoms with Gasteiger partial charge >= 0.3 is 0 Å². The largest absolute Gasteiger partial charge is 0.367 e. The summed E-state index contributed by atoms with van der Waals surface area (Å²) in [4.78, 5) is 14.4. The van der Waals surface area contributed by atoms with Crippen LogP contribution >= 0.6 is 0 Å². The third-order valence-corrected chi connectivity index (χ3v) is 4.08. The van der Waals surface area contributed by atoms with Crippen LogP contribution in [0, 0.1) is 5.82 Å². The number of benzene rings is 1. The normalized spacial score (nSPS) is 13.8. The van der Waals surface area contributed by atoms with Crippen LogP contribution in [0.25, 0.3) is 0 Å². The van der Waals surface area contributed by atoms with Gasteiger partial charge in [-0.3, -0.25) is 9.48 Å². The first kappa shape index (κ1) is 15.5. The van der Waals surface area contributed by atoms with Gasteiger partial charge in [-0.2, -0.15) is 5.10 Å². The summed E-state index contributed by atoms with van der Waals surface area (Å²) in [6, 6.07) is 6.40. The molecule has 7 heteroatoms. The van der Waals surface area contributed by atoms with Gasteiger partial charge in [-0.15, -0.1) is 0 Å². The average molecular weight is 317 g/mol. The second-order valence-electron chi connectivity index (χ2n) is 5.59. The van der Waals surface area contributed by atoms with Crippen molar-refractivity contribution < 1.29 is 9.18 Å². The predicted octanol–water partition coefficient (Wildman–Crippen LogP) is 0.810. The number of carbonyl (C=O) groups excluding carboxylic acids is 1. The SMILES string of the molecule is Cn1nc(C(=O)NCCN)c2c1CCN(c1ccc(F)cc1)C2. The third kappa shape index (κ3) is 3.05. The number of halogens is 1. The molecule has 0 atom stereocenters. The standard InChI is InChI=1S/C16H20FN5O/c1-21-14-6-9-22(12-4-2-11(17)3-5-12)10-13(14)15(20-21)16(23)19-8-7-18/h2-5H,6-10,18H2,1H3,(H,19,23). The number of nitrogens with one attached hydrogen (secondary N) is 1. The van der Waals surface area contributed by atoms with Gasteiger partial charge in [-0.25, -0.2) is 4.39 Å². The fraction of sp³-hybridized carbons (Fsp3) is 0.375. The molecule has 1 aliphatic rings. The number of nitrogens with zero attached hydrogens (tertiary/aromatic N) is 3. The van der Waals surface area contributed by atoms with Crippen LogP contribution in [0.1, 0.15) is 21.7 Å². The smallest absolute Gasteiger partial charge is 0.272 e. The van der Waals surface area contributed by atoms with Crippen molar-refractivity contribution in [2.45, 2.75) is 13.0 Å². The van der Waals surface area contributed by atoms with Gasteiger partial charge in [0, 0.05) is 56.6 Å². The number of hydrogen-bond acceptors (Lipinski definition) is 4. The van der Waals surface area contributed by atoms with Crippen molar-refractivity contribution in [3.8, 4) is 0 Å². The lowest BCUT2D eigenvalue weighted by Gasteiger charge is -2.29. The highest BCUT2D eigenvalue weighted by molar-refractivity contribution is 5.94. The topological polar surface area (TPSA) is 76.2 Å². The van der Waals surface area contributed by atoms with Gasteiger partial charge in [-0.1, -0.05) is 0 Å². The fourth-order valence-electron chi connectivity index (χ4n) is 2.92. The van der Waals surface area contributed by atoms with Crippen LogP contribution in [0.5, 0.6) is 0 Å². The number of aromatic nitrogens is 2. The van der Waals surface area contributed by atoms with Gasteiger partial charge in [0.2, 0.25) is 0 Å². The Labute approximate surface area is 134 Å². The maximum Gasteiger partial charge on any atom is 0.272 e. The summed E-state index contributed by atoms with van der Waals surface area (Å²) in [7, 11) is 1.85. The van der Waals surface area contributed by atoms with Crippen molar-refractivity contribution in [1.82, 2.24) is 15.1 Å². The van der Waals surface area contributed by atoms with Crippen molar-refractivity contribution in [3.05, 3.63) is 47.0 Å². The number of aryl methyl sites for hydroxylation is 1. The lowest BCUT2D eigenvalue weighted by molar-refractivity contribution is 0.0948. The van der Waals surface area contributed by atoms with E-state index in [0.29, 0.717) is 25.3 Å². The van der Waals surface area contributed by atoms with Crippen LogP contribution in [0.2, 0.25) is 0 Å². The molecule has 0 radical (unpaired) electrons. The van der Waals surface area contributed by atoms with Gasteiger partial charge in [0.1, 0.15) is 5.82 Å². The summed E-state index contributed by atoms with van der Waals surface area (Å²) in [6.07, 6.45) is 0.792. The summed E-state index contributed by atoms with van der Waals surface area (Å²) in [6.45, 7) is 2.20. The molecule has 122 valence electrons. The molecule has 2 aromatic rings. The highest BCUT2D eigenvalue weighted by atomic mass is 19.1. The number of nitrogens with two attached hydrogens (primary N) is 1. The number of anilines is 1. The molecular weight excluding hydrogens is 297 g/mol. The molecule has 1 amide bonds. The zero-order chi connectivity index (χ0) is 16.4. The van der Waals surface area contributed by atoms with E-state index in [1.165, 1.54) is 12.1 Å². The Kier molecular flexibility index (Phi) is 4.29. The van der Waals surface area contributed by atoms with E-state index in [1.807, 2.05) is 7.05 Å². The van der Waals surface area contributed by atoms with Crippen LogP contribution in [0.3, 0.4) is 0 Å². The summed E-state index contributed by atoms with van der Waals surface area (Å²) in [5, 5.41) is 7.13. The number of hydrogen-bond donors (Lipinski definition) is 2. The van der Waals surface area contributed by atoms with E-state index in [0.717, 1.165) is 29.9 Å². The van der Waals surface area contributed by atoms with Crippen LogP contribution in [-0.4, -0.2) is 35.3 Å². The van der Waals surface area contributed by atoms with Gasteiger partial charge < -0.3 is 16.0 Å². The van der Waals surface area contributed by atoms with Gasteiger partial charge in [0.15, 0.2) is 5.69 Å². The lowest BCUT2D eigenvalue weighted by atomic mass is 10.0. The second kappa shape index (κ2) is 6.37. The molecule has 1 aliphatic heterocycles. The Balaban J connectivity index is 1.86. The van der Waals surface area contributed by atoms with E-state index in [-0.39, 0.29) is 11.7 Å². The summed E-state index contributed by atoms with van der Waals surface area (Å²) in [5.74, 6) is -0.456. The van der Waals surface area contributed by atoms with Crippen LogP contribution in [0.4, 0.5) is 10.1 Å². The van der Waals surface area contributed by atoms with Crippen molar-refractivity contribution in [3.63, 3.8) is 0 Å². The minimum atomic E-state index is -0.255. The lowest BCUT2D eigenvalue weighted by Crippen LogP contribution is -2.33. The highest BCUT2D eigenvalue weighted by Gasteiger charge is 2.27. The first-order valence-corrected chi connectivity index (χ1v) is 7.63. The first-order chi connectivity index (χ1) is 11.1. The molecule has 0 saturated carbocycles. The molecule has 0 unspecified atom stereocenters. The molecule has 1 aromatic heterocycles. The molecule has 1 aromatic carbocycles. The fourth-order valence-corrected chi connectivity index (χ4v) is 2.92. The molecule has 2 heterocycles. The molecule has 0 bridgehead atoms. The molecule has 23 heavy (non-hydrogen) atoms. The molecule has 0 spiro atoms. The maximum absolute atomic E-state index is 13.1. The molecule has 6 nitrogen and oxygen atoms in total. The second-order valence-corrected chi connectivity index (χ2v) is 5.59. The maximum atomic E-state index is 13.1. The van der Waals surface area contributed by atoms with Crippen LogP contribution in [-0.2, 0) is 20.0 Å². The zero-order valence-electron chi connectivity index (χ0n) is 13.1. The van der Waals surface area contributed by atoms with E-state index in [4.69, 9.17) is 5.73 Å². The van der Waals surface area contributed by atoms with Crippen molar-refractivity contribution in [1.29, 1.82) is 0 Å². The Bertz CT molecular complexity index is 710. The highest BCUT2D eigenvalue weighted by Crippen LogP contribution is 2.26. The Morgan fingerprint density at radius 3 is 2.83 bits per heavy atom. The van der Waals surface area contributed by atoms with E-state index < -0.39 is 0 Å². The minimum Gasteiger partial charge on any atom is -0.367 e. The van der Waals surface area contributed by atoms with E-state index in [1.54, 1.807) is 16.8 Å². The van der Waals surface area contributed by atoms with E-state index in [2.05, 4.69) is 15.3 Å². The Morgan fingerprint density at radius 2 is 2.13 bits per heavy atom. The van der Waals surface area contributed by atoms with Gasteiger partial charge in [-0.05, 0) is 24.3 Å². The third-order valence-electron chi connectivity index (χ3n) is 4.08. The predicted molar refractivity (Wildman–Crippen MR) is 85.7 cm³/mol. The van der Waals surface area contributed by atoms with E-state index >= 15 is 0 Å². The Hall–Kier alpha value is -2.41. The molecule has 3 rings (SSSR count). The van der Waals surface area contributed by atoms with Gasteiger partial charge in [0.05, 0.1) is 0 Å². The van der Waals surface area contributed by atoms with Crippen molar-refractivity contribution in [2.24, 2.45) is 12.8 Å². The number of amides is 1. The number of rotatable bonds is 4. The average Bonchev–Trinajstić information content (AvgIpc) is 2.90. The monoisotopic (exact) mass is 317 g/mol. The molecule has 3 N–H and O–H groups in total. The number of carbonyl (C=O) groups is 1. The van der Waals surface area contributed by atoms with Crippen LogP contribution in [0.15, 0.2) is 24.3 Å². The summed E-state index contributed by atoms with van der Waals surface area (Å²) >= 11 is 0. The number of fused-ring (bicyclic) bond motifs is 1. The van der Waals surface area contributed by atoms with Crippen molar-refractivity contribution in [2.75, 3.05) is 24.5 Å². The van der Waals surface area contributed by atoms with Crippen LogP contribution < -0.4 is 16.0 Å². The van der Waals surface area contributed by atoms with E-state index in [9.17, 15) is 9.18 Å². The summed E-state index contributed by atoms with van der Waals surface area (Å²) in [5.41, 5.74) is 8.81. The van der Waals surface area contributed by atoms with Gasteiger partial charge in [0.25, 0.3) is 5.91 Å². The van der Waals surface area contributed by atoms with Crippen molar-refractivity contribution >= 4 is 11.6 Å². The molecule has 0 aliphatic carbocycles. The summed E-state index contributed by atoms with van der Waals surface area (Å²) < 4.78 is 14.9.